The summed E-state index contributed by atoms with van der Waals surface area (Å²) in [5.41, 5.74) is 3.67. The molecule has 0 unspecified atom stereocenters. The molecule has 0 aliphatic carbocycles. The number of aliphatic hydroxyl groups excluding tert-OH is 1. The molecule has 6 nitrogen and oxygen atoms in total. The van der Waals surface area contributed by atoms with Gasteiger partial charge in [0.2, 0.25) is 0 Å². The molecule has 0 saturated heterocycles. The minimum Gasteiger partial charge on any atom is -0.395 e. The number of hydrogen-bond donors (Lipinski definition) is 1. The van der Waals surface area contributed by atoms with Crippen molar-refractivity contribution in [1.29, 1.82) is 10.5 Å². The Morgan fingerprint density at radius 3 is 2.54 bits per heavy atom. The van der Waals surface area contributed by atoms with E-state index in [9.17, 15) is 5.26 Å². The second-order valence-corrected chi connectivity index (χ2v) is 6.27. The fourth-order valence-electron chi connectivity index (χ4n) is 2.17. The van der Waals surface area contributed by atoms with Crippen LogP contribution in [-0.2, 0) is 0 Å². The Labute approximate surface area is 144 Å². The first-order valence-corrected chi connectivity index (χ1v) is 8.11. The van der Waals surface area contributed by atoms with Crippen LogP contribution in [0.5, 0.6) is 0 Å². The van der Waals surface area contributed by atoms with Crippen LogP contribution in [0.15, 0.2) is 28.4 Å². The SMILES string of the molecule is Cc1cc(N(C)CCO)ccc1N=Nc1sc(C#N)c(C)c1C#N. The van der Waals surface area contributed by atoms with Crippen molar-refractivity contribution in [2.24, 2.45) is 10.2 Å². The molecule has 0 saturated carbocycles. The van der Waals surface area contributed by atoms with E-state index in [1.807, 2.05) is 37.1 Å². The molecule has 1 N–H and O–H groups in total. The summed E-state index contributed by atoms with van der Waals surface area (Å²) in [5.74, 6) is 0. The van der Waals surface area contributed by atoms with E-state index in [1.165, 1.54) is 11.3 Å². The Hall–Kier alpha value is -2.74. The summed E-state index contributed by atoms with van der Waals surface area (Å²) in [6.07, 6.45) is 0. The lowest BCUT2D eigenvalue weighted by Crippen LogP contribution is -2.20. The highest BCUT2D eigenvalue weighted by Gasteiger charge is 2.14. The highest BCUT2D eigenvalue weighted by atomic mass is 32.1. The lowest BCUT2D eigenvalue weighted by molar-refractivity contribution is 0.304. The molecule has 0 radical (unpaired) electrons. The third-order valence-electron chi connectivity index (χ3n) is 3.65. The number of hydrogen-bond acceptors (Lipinski definition) is 7. The van der Waals surface area contributed by atoms with E-state index < -0.39 is 0 Å². The van der Waals surface area contributed by atoms with Crippen molar-refractivity contribution >= 4 is 27.7 Å². The van der Waals surface area contributed by atoms with Crippen LogP contribution in [0.2, 0.25) is 0 Å². The van der Waals surface area contributed by atoms with Crippen molar-refractivity contribution < 1.29 is 5.11 Å². The third-order valence-corrected chi connectivity index (χ3v) is 4.73. The number of nitrogens with zero attached hydrogens (tertiary/aromatic N) is 5. The maximum Gasteiger partial charge on any atom is 0.158 e. The summed E-state index contributed by atoms with van der Waals surface area (Å²) in [6.45, 7) is 4.31. The molecule has 2 aromatic rings. The van der Waals surface area contributed by atoms with E-state index in [2.05, 4.69) is 22.4 Å². The second-order valence-electron chi connectivity index (χ2n) is 5.28. The van der Waals surface area contributed by atoms with Gasteiger partial charge in [0, 0.05) is 19.3 Å². The van der Waals surface area contributed by atoms with Gasteiger partial charge in [-0.3, -0.25) is 0 Å². The Morgan fingerprint density at radius 2 is 1.96 bits per heavy atom. The van der Waals surface area contributed by atoms with Crippen molar-refractivity contribution in [3.63, 3.8) is 0 Å². The zero-order valence-electron chi connectivity index (χ0n) is 13.7. The molecule has 0 bridgehead atoms. The van der Waals surface area contributed by atoms with Crippen LogP contribution in [0.1, 0.15) is 21.6 Å². The van der Waals surface area contributed by atoms with Crippen LogP contribution in [0.4, 0.5) is 16.4 Å². The molecular weight excluding hydrogens is 322 g/mol. The predicted octanol–water partition coefficient (Wildman–Crippen LogP) is 3.95. The van der Waals surface area contributed by atoms with Crippen LogP contribution in [-0.4, -0.2) is 25.3 Å². The number of anilines is 1. The molecule has 2 rings (SSSR count). The quantitative estimate of drug-likeness (QED) is 0.834. The first kappa shape index (κ1) is 17.6. The molecule has 0 atom stereocenters. The Kier molecular flexibility index (Phi) is 5.64. The van der Waals surface area contributed by atoms with Crippen LogP contribution < -0.4 is 4.90 Å². The van der Waals surface area contributed by atoms with Gasteiger partial charge >= 0.3 is 0 Å². The summed E-state index contributed by atoms with van der Waals surface area (Å²) in [5, 5.41) is 36.1. The molecule has 1 aromatic carbocycles. The van der Waals surface area contributed by atoms with Crippen LogP contribution in [0.3, 0.4) is 0 Å². The van der Waals surface area contributed by atoms with Crippen molar-refractivity contribution in [2.45, 2.75) is 13.8 Å². The summed E-state index contributed by atoms with van der Waals surface area (Å²) in [6, 6.07) is 9.87. The fraction of sp³-hybridized carbons (Fsp3) is 0.294. The molecule has 0 aliphatic heterocycles. The first-order chi connectivity index (χ1) is 11.5. The average Bonchev–Trinajstić information content (AvgIpc) is 2.88. The van der Waals surface area contributed by atoms with Gasteiger partial charge < -0.3 is 10.0 Å². The monoisotopic (exact) mass is 339 g/mol. The van der Waals surface area contributed by atoms with Crippen LogP contribution in [0.25, 0.3) is 0 Å². The molecule has 0 spiro atoms. The average molecular weight is 339 g/mol. The number of nitriles is 2. The predicted molar refractivity (Wildman–Crippen MR) is 94.2 cm³/mol. The van der Waals surface area contributed by atoms with Crippen molar-refractivity contribution in [3.05, 3.63) is 39.8 Å². The first-order valence-electron chi connectivity index (χ1n) is 7.29. The lowest BCUT2D eigenvalue weighted by Gasteiger charge is -2.18. The van der Waals surface area contributed by atoms with Gasteiger partial charge in [0.25, 0.3) is 0 Å². The van der Waals surface area contributed by atoms with E-state index in [0.29, 0.717) is 33.2 Å². The minimum absolute atomic E-state index is 0.0902. The van der Waals surface area contributed by atoms with Crippen LogP contribution >= 0.6 is 11.3 Å². The van der Waals surface area contributed by atoms with Crippen LogP contribution in [0, 0.1) is 36.5 Å². The molecule has 0 fully saturated rings. The highest BCUT2D eigenvalue weighted by Crippen LogP contribution is 2.36. The Balaban J connectivity index is 2.31. The number of benzene rings is 1. The standard InChI is InChI=1S/C17H17N5OS/c1-11-8-13(22(3)6-7-23)4-5-15(11)20-21-17-14(9-18)12(2)16(10-19)24-17/h4-5,8,23H,6-7H2,1-3H3. The zero-order valence-corrected chi connectivity index (χ0v) is 14.6. The van der Waals surface area contributed by atoms with Crippen molar-refractivity contribution in [1.82, 2.24) is 0 Å². The highest BCUT2D eigenvalue weighted by molar-refractivity contribution is 7.16. The van der Waals surface area contributed by atoms with E-state index in [-0.39, 0.29) is 6.61 Å². The summed E-state index contributed by atoms with van der Waals surface area (Å²) < 4.78 is 0. The largest absolute Gasteiger partial charge is 0.395 e. The van der Waals surface area contributed by atoms with Gasteiger partial charge in [-0.2, -0.15) is 10.5 Å². The molecule has 122 valence electrons. The van der Waals surface area contributed by atoms with Gasteiger partial charge in [-0.15, -0.1) is 21.6 Å². The molecule has 24 heavy (non-hydrogen) atoms. The number of likely N-dealkylation sites (N-methyl/N-ethyl adjacent to an activating group) is 1. The minimum atomic E-state index is 0.0902. The molecule has 1 heterocycles. The van der Waals surface area contributed by atoms with Gasteiger partial charge in [-0.1, -0.05) is 0 Å². The Morgan fingerprint density at radius 1 is 1.21 bits per heavy atom. The normalized spacial score (nSPS) is 10.6. The molecule has 7 heteroatoms. The van der Waals surface area contributed by atoms with Gasteiger partial charge in [-0.25, -0.2) is 0 Å². The van der Waals surface area contributed by atoms with E-state index in [1.54, 1.807) is 6.92 Å². The number of thiophene rings is 1. The number of aliphatic hydroxyl groups is 1. The molecule has 1 aromatic heterocycles. The van der Waals surface area contributed by atoms with Gasteiger partial charge in [0.1, 0.15) is 17.0 Å². The summed E-state index contributed by atoms with van der Waals surface area (Å²) in [7, 11) is 1.91. The van der Waals surface area contributed by atoms with Gasteiger partial charge in [0.05, 0.1) is 17.9 Å². The fourth-order valence-corrected chi connectivity index (χ4v) is 3.05. The smallest absolute Gasteiger partial charge is 0.158 e. The summed E-state index contributed by atoms with van der Waals surface area (Å²) >= 11 is 1.17. The second kappa shape index (κ2) is 7.69. The van der Waals surface area contributed by atoms with E-state index >= 15 is 0 Å². The molecule has 0 aliphatic rings. The molecule has 0 amide bonds. The Bertz CT molecular complexity index is 857. The topological polar surface area (TPSA) is 95.8 Å². The maximum atomic E-state index is 9.23. The number of aryl methyl sites for hydroxylation is 1. The number of rotatable bonds is 5. The van der Waals surface area contributed by atoms with Gasteiger partial charge in [-0.05, 0) is 43.2 Å². The van der Waals surface area contributed by atoms with E-state index in [0.717, 1.165) is 11.3 Å². The van der Waals surface area contributed by atoms with Crippen molar-refractivity contribution in [3.8, 4) is 12.1 Å². The third kappa shape index (κ3) is 3.60. The maximum absolute atomic E-state index is 9.23. The molecular formula is C17H17N5OS. The summed E-state index contributed by atoms with van der Waals surface area (Å²) in [4.78, 5) is 2.43. The lowest BCUT2D eigenvalue weighted by atomic mass is 10.1. The van der Waals surface area contributed by atoms with Crippen molar-refractivity contribution in [2.75, 3.05) is 25.1 Å². The van der Waals surface area contributed by atoms with Gasteiger partial charge in [0.15, 0.2) is 5.00 Å². The zero-order chi connectivity index (χ0) is 17.7. The van der Waals surface area contributed by atoms with E-state index in [4.69, 9.17) is 10.4 Å². The number of azo groups is 1.